The fraction of sp³-hybridized carbons (Fsp3) is 0.235. The summed E-state index contributed by atoms with van der Waals surface area (Å²) in [6.45, 7) is 6.78. The van der Waals surface area contributed by atoms with Gasteiger partial charge in [-0.25, -0.2) is 0 Å². The van der Waals surface area contributed by atoms with E-state index in [1.165, 1.54) is 24.1 Å². The van der Waals surface area contributed by atoms with Crippen LogP contribution in [0.2, 0.25) is 0 Å². The molecule has 2 aromatic carbocycles. The molecule has 0 bridgehead atoms. The molecule has 0 saturated heterocycles. The number of rotatable bonds is 1. The molecule has 0 N–H and O–H groups in total. The van der Waals surface area contributed by atoms with Crippen LogP contribution in [-0.2, 0) is 5.41 Å². The summed E-state index contributed by atoms with van der Waals surface area (Å²) in [6, 6.07) is 15.4. The third-order valence-electron chi connectivity index (χ3n) is 3.45. The monoisotopic (exact) mass is 433 g/mol. The first kappa shape index (κ1) is 14.3. The number of aliphatic imine (C=N–C) groups is 1. The van der Waals surface area contributed by atoms with E-state index in [-0.39, 0.29) is 5.41 Å². The number of hydrogen-bond donors (Lipinski definition) is 0. The summed E-state index contributed by atoms with van der Waals surface area (Å²) < 4.78 is 3.94. The summed E-state index contributed by atoms with van der Waals surface area (Å²) in [5.41, 5.74) is 4.06. The van der Waals surface area contributed by atoms with Crippen LogP contribution in [0.3, 0.4) is 0 Å². The van der Waals surface area contributed by atoms with Gasteiger partial charge in [0, 0.05) is 0 Å². The fourth-order valence-corrected chi connectivity index (χ4v) is 5.89. The normalized spacial score (nSPS) is 14.1. The SMILES string of the molecule is CC(C)(C)c1cccc([C]2=Nc3cc(Br)cc[c]3[Sn]2)c1. The Morgan fingerprint density at radius 1 is 1.05 bits per heavy atom. The van der Waals surface area contributed by atoms with Crippen molar-refractivity contribution in [3.05, 3.63) is 58.1 Å². The predicted molar refractivity (Wildman–Crippen MR) is 90.9 cm³/mol. The van der Waals surface area contributed by atoms with E-state index >= 15 is 0 Å². The summed E-state index contributed by atoms with van der Waals surface area (Å²) >= 11 is 2.78. The number of halogens is 1. The molecule has 0 spiro atoms. The summed E-state index contributed by atoms with van der Waals surface area (Å²) in [7, 11) is 0. The first-order valence-electron chi connectivity index (χ1n) is 6.70. The van der Waals surface area contributed by atoms with Crippen LogP contribution >= 0.6 is 15.9 Å². The van der Waals surface area contributed by atoms with Crippen LogP contribution in [0.25, 0.3) is 0 Å². The van der Waals surface area contributed by atoms with Gasteiger partial charge in [0.05, 0.1) is 0 Å². The van der Waals surface area contributed by atoms with Crippen LogP contribution < -0.4 is 3.58 Å². The van der Waals surface area contributed by atoms with Gasteiger partial charge in [0.25, 0.3) is 0 Å². The summed E-state index contributed by atoms with van der Waals surface area (Å²) in [4.78, 5) is 4.87. The predicted octanol–water partition coefficient (Wildman–Crippen LogP) is 4.17. The van der Waals surface area contributed by atoms with Crippen molar-refractivity contribution in [3.8, 4) is 0 Å². The molecule has 2 aromatic rings. The van der Waals surface area contributed by atoms with Gasteiger partial charge >= 0.3 is 139 Å². The molecule has 1 heterocycles. The van der Waals surface area contributed by atoms with Gasteiger partial charge in [0.1, 0.15) is 0 Å². The van der Waals surface area contributed by atoms with Crippen molar-refractivity contribution < 1.29 is 0 Å². The Kier molecular flexibility index (Phi) is 3.80. The molecule has 0 amide bonds. The quantitative estimate of drug-likeness (QED) is 0.600. The van der Waals surface area contributed by atoms with Crippen molar-refractivity contribution in [3.63, 3.8) is 0 Å². The van der Waals surface area contributed by atoms with Crippen molar-refractivity contribution in [2.75, 3.05) is 0 Å². The zero-order valence-electron chi connectivity index (χ0n) is 11.9. The zero-order chi connectivity index (χ0) is 14.3. The third-order valence-corrected chi connectivity index (χ3v) is 7.73. The van der Waals surface area contributed by atoms with Crippen LogP contribution in [0.5, 0.6) is 0 Å². The van der Waals surface area contributed by atoms with E-state index < -0.39 is 21.1 Å². The second kappa shape index (κ2) is 5.30. The number of fused-ring (bicyclic) bond motifs is 1. The Bertz CT molecular complexity index is 698. The van der Waals surface area contributed by atoms with Gasteiger partial charge in [-0.15, -0.1) is 0 Å². The molecule has 0 fully saturated rings. The van der Waals surface area contributed by atoms with Crippen molar-refractivity contribution >= 4 is 50.1 Å². The van der Waals surface area contributed by atoms with E-state index in [0.717, 1.165) is 4.47 Å². The van der Waals surface area contributed by atoms with E-state index in [0.29, 0.717) is 0 Å². The van der Waals surface area contributed by atoms with E-state index in [4.69, 9.17) is 4.99 Å². The number of benzene rings is 2. The Morgan fingerprint density at radius 3 is 2.60 bits per heavy atom. The standard InChI is InChI=1S/C17H16BrN.Sn/c1-17(2,3)14-7-4-6-13(10-14)12-19-16-9-5-8-15(18)11-16;/h4-8,10-11H,1-3H3;. The van der Waals surface area contributed by atoms with Crippen molar-refractivity contribution in [2.24, 2.45) is 4.99 Å². The summed E-state index contributed by atoms with van der Waals surface area (Å²) in [6.07, 6.45) is 0. The molecule has 1 aliphatic rings. The Morgan fingerprint density at radius 2 is 1.85 bits per heavy atom. The van der Waals surface area contributed by atoms with Crippen molar-refractivity contribution in [1.29, 1.82) is 0 Å². The summed E-state index contributed by atoms with van der Waals surface area (Å²) in [5, 5.41) is 0. The molecule has 0 saturated carbocycles. The third kappa shape index (κ3) is 2.86. The van der Waals surface area contributed by atoms with Crippen molar-refractivity contribution in [2.45, 2.75) is 26.2 Å². The molecule has 0 aliphatic carbocycles. The minimum atomic E-state index is -0.745. The topological polar surface area (TPSA) is 12.4 Å². The molecule has 1 nitrogen and oxygen atoms in total. The number of nitrogens with zero attached hydrogens (tertiary/aromatic N) is 1. The molecule has 3 rings (SSSR count). The molecule has 0 atom stereocenters. The molecular weight excluding hydrogens is 417 g/mol. The van der Waals surface area contributed by atoms with Gasteiger partial charge in [-0.3, -0.25) is 0 Å². The van der Waals surface area contributed by atoms with E-state index in [1.807, 2.05) is 0 Å². The maximum absolute atomic E-state index is 4.87. The van der Waals surface area contributed by atoms with Gasteiger partial charge < -0.3 is 0 Å². The number of hydrogen-bond acceptors (Lipinski definition) is 1. The van der Waals surface area contributed by atoms with E-state index in [1.54, 1.807) is 0 Å². The minimum absolute atomic E-state index is 0.191. The molecule has 3 heteroatoms. The Balaban J connectivity index is 1.98. The molecule has 100 valence electrons. The van der Waals surface area contributed by atoms with Crippen molar-refractivity contribution in [1.82, 2.24) is 0 Å². The molecule has 2 radical (unpaired) electrons. The second-order valence-corrected chi connectivity index (χ2v) is 10.6. The summed E-state index contributed by atoms with van der Waals surface area (Å²) in [5.74, 6) is 0. The maximum atomic E-state index is 4.87. The second-order valence-electron chi connectivity index (χ2n) is 6.08. The Hall–Kier alpha value is -0.611. The Labute approximate surface area is 138 Å². The van der Waals surface area contributed by atoms with Crippen LogP contribution in [0, 0.1) is 0 Å². The van der Waals surface area contributed by atoms with Crippen LogP contribution in [0.15, 0.2) is 51.9 Å². The van der Waals surface area contributed by atoms with Gasteiger partial charge in [-0.2, -0.15) is 0 Å². The molecule has 0 unspecified atom stereocenters. The van der Waals surface area contributed by atoms with E-state index in [9.17, 15) is 0 Å². The average molecular weight is 433 g/mol. The van der Waals surface area contributed by atoms with E-state index in [2.05, 4.69) is 79.2 Å². The average Bonchev–Trinajstić information content (AvgIpc) is 2.81. The molecule has 20 heavy (non-hydrogen) atoms. The van der Waals surface area contributed by atoms with Gasteiger partial charge in [0.2, 0.25) is 0 Å². The van der Waals surface area contributed by atoms with Crippen LogP contribution in [0.1, 0.15) is 31.9 Å². The van der Waals surface area contributed by atoms with Crippen LogP contribution in [0.4, 0.5) is 5.69 Å². The first-order valence-corrected chi connectivity index (χ1v) is 10.3. The molecule has 1 aliphatic heterocycles. The molecule has 0 aromatic heterocycles. The van der Waals surface area contributed by atoms with Crippen LogP contribution in [-0.4, -0.2) is 24.9 Å². The molecular formula is C17H16BrNSn. The zero-order valence-corrected chi connectivity index (χ0v) is 16.3. The van der Waals surface area contributed by atoms with Gasteiger partial charge in [-0.1, -0.05) is 0 Å². The van der Waals surface area contributed by atoms with Gasteiger partial charge in [0.15, 0.2) is 0 Å². The van der Waals surface area contributed by atoms with Gasteiger partial charge in [-0.05, 0) is 0 Å². The first-order chi connectivity index (χ1) is 9.43. The fourth-order valence-electron chi connectivity index (χ4n) is 2.25.